The summed E-state index contributed by atoms with van der Waals surface area (Å²) in [5, 5.41) is 16.2. The Bertz CT molecular complexity index is 2050. The molecule has 0 bridgehead atoms. The Hall–Kier alpha value is -5.42. The van der Waals surface area contributed by atoms with Crippen LogP contribution in [0.15, 0.2) is 42.6 Å². The van der Waals surface area contributed by atoms with Crippen molar-refractivity contribution in [3.05, 3.63) is 64.8 Å². The molecule has 12 nitrogen and oxygen atoms in total. The third-order valence-corrected chi connectivity index (χ3v) is 8.89. The molecule has 0 radical (unpaired) electrons. The van der Waals surface area contributed by atoms with E-state index >= 15 is 0 Å². The Balaban J connectivity index is 1.21. The predicted octanol–water partition coefficient (Wildman–Crippen LogP) is 7.18. The van der Waals surface area contributed by atoms with Gasteiger partial charge in [-0.3, -0.25) is 14.3 Å². The quantitative estimate of drug-likeness (QED) is 0.124. The molecule has 4 N–H and O–H groups in total. The second-order valence-electron chi connectivity index (χ2n) is 14.4. The van der Waals surface area contributed by atoms with Crippen LogP contribution in [0.25, 0.3) is 22.2 Å². The minimum Gasteiger partial charge on any atom is -0.444 e. The standard InChI is InChI=1S/C37H42F6N8O4/c1-6-20-13-22(28-17-29(50-51(28)5)48-30(52)16-21-15-24(36(38,39)40)7-12-27(21)37(41,42)43)14-23-18-44-33(49-32(20)23)47-26-10-8-25(9-11-26)46-31(53)19-45-34(54)55-35(2,3)4/h7,12-15,17-18,25-26H,6,8-11,16,19H2,1-5H3,(H,45,54)(H,46,53)(H,44,47,49)(H,48,50,52). The van der Waals surface area contributed by atoms with Crippen LogP contribution >= 0.6 is 0 Å². The fourth-order valence-corrected chi connectivity index (χ4v) is 6.37. The molecular weight excluding hydrogens is 734 g/mol. The van der Waals surface area contributed by atoms with E-state index in [1.54, 1.807) is 34.0 Å². The minimum atomic E-state index is -4.96. The van der Waals surface area contributed by atoms with Crippen LogP contribution < -0.4 is 21.3 Å². The molecule has 2 aromatic carbocycles. The largest absolute Gasteiger partial charge is 0.444 e. The van der Waals surface area contributed by atoms with Crippen LogP contribution in [0.3, 0.4) is 0 Å². The molecular formula is C37H42F6N8O4. The molecule has 4 aromatic rings. The van der Waals surface area contributed by atoms with Gasteiger partial charge < -0.3 is 26.0 Å². The number of fused-ring (bicyclic) bond motifs is 1. The van der Waals surface area contributed by atoms with Crippen molar-refractivity contribution in [3.8, 4) is 11.3 Å². The number of benzene rings is 2. The van der Waals surface area contributed by atoms with Gasteiger partial charge in [0.05, 0.1) is 28.8 Å². The second kappa shape index (κ2) is 16.1. The molecule has 3 amide bonds. The summed E-state index contributed by atoms with van der Waals surface area (Å²) < 4.78 is 87.0. The third kappa shape index (κ3) is 10.8. The van der Waals surface area contributed by atoms with Gasteiger partial charge in [-0.2, -0.15) is 31.4 Å². The maximum Gasteiger partial charge on any atom is 0.416 e. The number of aromatic nitrogens is 4. The molecule has 0 saturated heterocycles. The van der Waals surface area contributed by atoms with Gasteiger partial charge in [-0.25, -0.2) is 14.8 Å². The van der Waals surface area contributed by atoms with Crippen LogP contribution in [0.4, 0.5) is 42.9 Å². The second-order valence-corrected chi connectivity index (χ2v) is 14.4. The maximum absolute atomic E-state index is 13.5. The summed E-state index contributed by atoms with van der Waals surface area (Å²) in [6.07, 6.45) is -6.22. The van der Waals surface area contributed by atoms with Crippen LogP contribution in [-0.2, 0) is 46.6 Å². The van der Waals surface area contributed by atoms with E-state index in [0.717, 1.165) is 42.1 Å². The third-order valence-electron chi connectivity index (χ3n) is 8.89. The summed E-state index contributed by atoms with van der Waals surface area (Å²) in [5.74, 6) is -0.815. The number of aryl methyl sites for hydroxylation is 2. The van der Waals surface area contributed by atoms with Gasteiger partial charge in [0.2, 0.25) is 17.8 Å². The van der Waals surface area contributed by atoms with Gasteiger partial charge in [0.25, 0.3) is 0 Å². The Morgan fingerprint density at radius 1 is 0.891 bits per heavy atom. The molecule has 296 valence electrons. The van der Waals surface area contributed by atoms with Gasteiger partial charge in [0.15, 0.2) is 5.82 Å². The number of alkyl carbamates (subject to hydrolysis) is 1. The van der Waals surface area contributed by atoms with Crippen molar-refractivity contribution < 1.29 is 45.5 Å². The number of nitrogens with one attached hydrogen (secondary N) is 4. The highest BCUT2D eigenvalue weighted by Crippen LogP contribution is 2.37. The van der Waals surface area contributed by atoms with Crippen molar-refractivity contribution in [2.75, 3.05) is 17.2 Å². The number of hydrogen-bond donors (Lipinski definition) is 4. The molecule has 1 aliphatic rings. The molecule has 2 aromatic heterocycles. The Labute approximate surface area is 312 Å². The zero-order valence-electron chi connectivity index (χ0n) is 30.8. The topological polar surface area (TPSA) is 152 Å². The van der Waals surface area contributed by atoms with Crippen LogP contribution in [0.1, 0.15) is 75.6 Å². The molecule has 1 aliphatic carbocycles. The molecule has 0 aliphatic heterocycles. The molecule has 18 heteroatoms. The number of rotatable bonds is 10. The van der Waals surface area contributed by atoms with E-state index < -0.39 is 53.1 Å². The highest BCUT2D eigenvalue weighted by molar-refractivity contribution is 5.93. The Morgan fingerprint density at radius 3 is 2.22 bits per heavy atom. The van der Waals surface area contributed by atoms with Gasteiger partial charge in [-0.15, -0.1) is 0 Å². The zero-order chi connectivity index (χ0) is 40.3. The maximum atomic E-state index is 13.5. The number of carbonyl (C=O) groups excluding carboxylic acids is 3. The molecule has 2 heterocycles. The summed E-state index contributed by atoms with van der Waals surface area (Å²) in [6.45, 7) is 6.99. The highest BCUT2D eigenvalue weighted by atomic mass is 19.4. The van der Waals surface area contributed by atoms with Gasteiger partial charge in [0.1, 0.15) is 12.1 Å². The van der Waals surface area contributed by atoms with Gasteiger partial charge in [0, 0.05) is 42.3 Å². The van der Waals surface area contributed by atoms with E-state index in [4.69, 9.17) is 9.72 Å². The van der Waals surface area contributed by atoms with Crippen molar-refractivity contribution in [3.63, 3.8) is 0 Å². The predicted molar refractivity (Wildman–Crippen MR) is 192 cm³/mol. The first-order chi connectivity index (χ1) is 25.7. The number of hydrogen-bond acceptors (Lipinski definition) is 8. The fourth-order valence-electron chi connectivity index (χ4n) is 6.37. The first kappa shape index (κ1) is 40.8. The number of nitrogens with zero attached hydrogens (tertiary/aromatic N) is 4. The summed E-state index contributed by atoms with van der Waals surface area (Å²) in [5.41, 5.74) is -1.24. The van der Waals surface area contributed by atoms with Crippen molar-refractivity contribution in [2.45, 2.75) is 96.3 Å². The van der Waals surface area contributed by atoms with E-state index in [1.807, 2.05) is 19.1 Å². The fraction of sp³-hybridized carbons (Fsp3) is 0.459. The smallest absolute Gasteiger partial charge is 0.416 e. The molecule has 5 rings (SSSR count). The molecule has 55 heavy (non-hydrogen) atoms. The number of anilines is 2. The van der Waals surface area contributed by atoms with E-state index in [-0.39, 0.29) is 30.4 Å². The lowest BCUT2D eigenvalue weighted by Crippen LogP contribution is -2.45. The summed E-state index contributed by atoms with van der Waals surface area (Å²) in [7, 11) is 1.61. The highest BCUT2D eigenvalue weighted by Gasteiger charge is 2.37. The van der Waals surface area contributed by atoms with Gasteiger partial charge >= 0.3 is 18.4 Å². The summed E-state index contributed by atoms with van der Waals surface area (Å²) in [6, 6.07) is 6.29. The zero-order valence-corrected chi connectivity index (χ0v) is 30.8. The molecule has 0 atom stereocenters. The molecule has 1 fully saturated rings. The lowest BCUT2D eigenvalue weighted by atomic mass is 9.91. The first-order valence-corrected chi connectivity index (χ1v) is 17.6. The molecule has 0 unspecified atom stereocenters. The van der Waals surface area contributed by atoms with Crippen molar-refractivity contribution >= 4 is 40.6 Å². The normalized spacial score (nSPS) is 16.4. The van der Waals surface area contributed by atoms with Gasteiger partial charge in [-0.05, 0) is 94.3 Å². The number of halogens is 6. The number of amides is 3. The SMILES string of the molecule is CCc1cc(-c2cc(NC(=O)Cc3cc(C(F)(F)F)ccc3C(F)(F)F)nn2C)cc2cnc(NC3CCC(NC(=O)CNC(=O)OC(C)(C)C)CC3)nc12. The summed E-state index contributed by atoms with van der Waals surface area (Å²) >= 11 is 0. The average molecular weight is 777 g/mol. The van der Waals surface area contributed by atoms with E-state index in [9.17, 15) is 40.7 Å². The van der Waals surface area contributed by atoms with Crippen LogP contribution in [0.2, 0.25) is 0 Å². The number of carbonyl (C=O) groups is 3. The first-order valence-electron chi connectivity index (χ1n) is 17.6. The lowest BCUT2D eigenvalue weighted by molar-refractivity contribution is -0.142. The van der Waals surface area contributed by atoms with Crippen molar-refractivity contribution in [1.82, 2.24) is 30.4 Å². The van der Waals surface area contributed by atoms with E-state index in [0.29, 0.717) is 41.8 Å². The Kier molecular flexibility index (Phi) is 12.0. The Morgan fingerprint density at radius 2 is 1.58 bits per heavy atom. The monoisotopic (exact) mass is 776 g/mol. The van der Waals surface area contributed by atoms with E-state index in [2.05, 4.69) is 31.3 Å². The molecule has 1 saturated carbocycles. The molecule has 0 spiro atoms. The van der Waals surface area contributed by atoms with E-state index in [1.165, 1.54) is 10.7 Å². The minimum absolute atomic E-state index is 0.00346. The van der Waals surface area contributed by atoms with Gasteiger partial charge in [-0.1, -0.05) is 6.92 Å². The number of ether oxygens (including phenoxy) is 1. The van der Waals surface area contributed by atoms with Crippen LogP contribution in [0, 0.1) is 0 Å². The van der Waals surface area contributed by atoms with Crippen LogP contribution in [0.5, 0.6) is 0 Å². The van der Waals surface area contributed by atoms with Crippen LogP contribution in [-0.4, -0.2) is 61.9 Å². The summed E-state index contributed by atoms with van der Waals surface area (Å²) in [4.78, 5) is 46.3. The average Bonchev–Trinajstić information content (AvgIpc) is 3.45. The van der Waals surface area contributed by atoms with Crippen molar-refractivity contribution in [1.29, 1.82) is 0 Å². The number of alkyl halides is 6. The van der Waals surface area contributed by atoms with Crippen molar-refractivity contribution in [2.24, 2.45) is 7.05 Å². The lowest BCUT2D eigenvalue weighted by Gasteiger charge is -2.29.